The normalized spacial score (nSPS) is 23.6. The molecule has 0 amide bonds. The maximum Gasteiger partial charge on any atom is 0.245 e. The summed E-state index contributed by atoms with van der Waals surface area (Å²) in [5.41, 5.74) is 0. The second-order valence-corrected chi connectivity index (χ2v) is 3.95. The van der Waals surface area contributed by atoms with Crippen LogP contribution >= 0.6 is 11.8 Å². The van der Waals surface area contributed by atoms with Gasteiger partial charge in [-0.25, -0.2) is 4.99 Å². The molecule has 1 unspecified atom stereocenters. The number of nitrogens with zero attached hydrogens (tertiary/aromatic N) is 1. The Labute approximate surface area is 72.4 Å². The average Bonchev–Trinajstić information content (AvgIpc) is 2.34. The Balaban J connectivity index is 2.34. The van der Waals surface area contributed by atoms with Crippen LogP contribution in [-0.2, 0) is 4.74 Å². The number of thioether (sulfide) groups is 1. The first-order valence-corrected chi connectivity index (χ1v) is 5.19. The third-order valence-corrected chi connectivity index (χ3v) is 2.18. The summed E-state index contributed by atoms with van der Waals surface area (Å²) < 4.78 is 5.33. The van der Waals surface area contributed by atoms with E-state index in [9.17, 15) is 0 Å². The van der Waals surface area contributed by atoms with Crippen LogP contribution in [-0.4, -0.2) is 24.1 Å². The van der Waals surface area contributed by atoms with Gasteiger partial charge in [-0.2, -0.15) is 0 Å². The lowest BCUT2D eigenvalue weighted by molar-refractivity contribution is 0.307. The topological polar surface area (TPSA) is 21.6 Å². The molecule has 1 rings (SSSR count). The largest absolute Gasteiger partial charge is 0.471 e. The van der Waals surface area contributed by atoms with E-state index in [0.29, 0.717) is 12.0 Å². The van der Waals surface area contributed by atoms with Gasteiger partial charge in [0.25, 0.3) is 0 Å². The molecular weight excluding hydrogens is 158 g/mol. The van der Waals surface area contributed by atoms with Crippen molar-refractivity contribution in [3.63, 3.8) is 0 Å². The number of hydrogen-bond acceptors (Lipinski definition) is 3. The smallest absolute Gasteiger partial charge is 0.245 e. The fraction of sp³-hybridized carbons (Fsp3) is 0.875. The van der Waals surface area contributed by atoms with Crippen molar-refractivity contribution in [1.82, 2.24) is 0 Å². The number of aliphatic imine (C=N–C) groups is 1. The van der Waals surface area contributed by atoms with Crippen molar-refractivity contribution >= 4 is 17.0 Å². The molecule has 0 bridgehead atoms. The SMILES string of the molecule is CSC1=NC(CC(C)C)CO1. The van der Waals surface area contributed by atoms with Crippen LogP contribution in [0.25, 0.3) is 0 Å². The van der Waals surface area contributed by atoms with Gasteiger partial charge in [0.2, 0.25) is 5.23 Å². The minimum Gasteiger partial charge on any atom is -0.471 e. The van der Waals surface area contributed by atoms with Gasteiger partial charge in [0.05, 0.1) is 6.04 Å². The summed E-state index contributed by atoms with van der Waals surface area (Å²) in [5, 5.41) is 0.857. The van der Waals surface area contributed by atoms with Crippen LogP contribution in [0.4, 0.5) is 0 Å². The number of hydrogen-bond donors (Lipinski definition) is 0. The number of rotatable bonds is 2. The van der Waals surface area contributed by atoms with Crippen LogP contribution in [0.15, 0.2) is 4.99 Å². The third kappa shape index (κ3) is 2.73. The zero-order valence-electron chi connectivity index (χ0n) is 7.33. The maximum absolute atomic E-state index is 5.33. The summed E-state index contributed by atoms with van der Waals surface area (Å²) in [5.74, 6) is 0.716. The van der Waals surface area contributed by atoms with Gasteiger partial charge in [0, 0.05) is 0 Å². The van der Waals surface area contributed by atoms with Gasteiger partial charge >= 0.3 is 0 Å². The first-order chi connectivity index (χ1) is 5.22. The van der Waals surface area contributed by atoms with Crippen molar-refractivity contribution in [1.29, 1.82) is 0 Å². The molecule has 1 heterocycles. The highest BCUT2D eigenvalue weighted by atomic mass is 32.2. The van der Waals surface area contributed by atoms with Gasteiger partial charge in [-0.05, 0) is 18.6 Å². The molecule has 0 saturated heterocycles. The first-order valence-electron chi connectivity index (χ1n) is 3.97. The lowest BCUT2D eigenvalue weighted by Crippen LogP contribution is -2.09. The van der Waals surface area contributed by atoms with Crippen molar-refractivity contribution in [3.8, 4) is 0 Å². The van der Waals surface area contributed by atoms with E-state index in [0.717, 1.165) is 18.3 Å². The van der Waals surface area contributed by atoms with E-state index in [1.807, 2.05) is 6.26 Å². The standard InChI is InChI=1S/C8H15NOS/c1-6(2)4-7-5-10-8(9-7)11-3/h6-7H,4-5H2,1-3H3. The molecule has 1 aliphatic rings. The minimum absolute atomic E-state index is 0.414. The van der Waals surface area contributed by atoms with Crippen LogP contribution < -0.4 is 0 Å². The van der Waals surface area contributed by atoms with Crippen LogP contribution in [0.3, 0.4) is 0 Å². The van der Waals surface area contributed by atoms with Gasteiger partial charge in [-0.1, -0.05) is 25.6 Å². The molecule has 64 valence electrons. The second kappa shape index (κ2) is 4.00. The molecule has 0 aromatic carbocycles. The van der Waals surface area contributed by atoms with E-state index in [1.54, 1.807) is 11.8 Å². The van der Waals surface area contributed by atoms with Crippen molar-refractivity contribution in [2.24, 2.45) is 10.9 Å². The summed E-state index contributed by atoms with van der Waals surface area (Å²) in [6.07, 6.45) is 3.14. The Morgan fingerprint density at radius 1 is 1.73 bits per heavy atom. The molecule has 2 nitrogen and oxygen atoms in total. The van der Waals surface area contributed by atoms with E-state index >= 15 is 0 Å². The molecule has 0 aliphatic carbocycles. The summed E-state index contributed by atoms with van der Waals surface area (Å²) in [7, 11) is 0. The molecule has 0 spiro atoms. The van der Waals surface area contributed by atoms with E-state index in [-0.39, 0.29) is 0 Å². The highest BCUT2D eigenvalue weighted by Crippen LogP contribution is 2.17. The van der Waals surface area contributed by atoms with Crippen LogP contribution in [0.5, 0.6) is 0 Å². The fourth-order valence-electron chi connectivity index (χ4n) is 1.17. The fourth-order valence-corrected chi connectivity index (χ4v) is 1.61. The van der Waals surface area contributed by atoms with Crippen LogP contribution in [0.1, 0.15) is 20.3 Å². The molecule has 0 aromatic heterocycles. The molecule has 0 aromatic rings. The quantitative estimate of drug-likeness (QED) is 0.638. The predicted molar refractivity (Wildman–Crippen MR) is 50.1 cm³/mol. The molecule has 0 fully saturated rings. The highest BCUT2D eigenvalue weighted by molar-refractivity contribution is 8.12. The maximum atomic E-state index is 5.33. The lowest BCUT2D eigenvalue weighted by atomic mass is 10.1. The lowest BCUT2D eigenvalue weighted by Gasteiger charge is -2.06. The molecule has 0 radical (unpaired) electrons. The van der Waals surface area contributed by atoms with Crippen molar-refractivity contribution in [3.05, 3.63) is 0 Å². The summed E-state index contributed by atoms with van der Waals surface area (Å²) in [6, 6.07) is 0.414. The van der Waals surface area contributed by atoms with Gasteiger partial charge in [-0.3, -0.25) is 0 Å². The Hall–Kier alpha value is -0.180. The van der Waals surface area contributed by atoms with E-state index in [4.69, 9.17) is 4.74 Å². The van der Waals surface area contributed by atoms with Crippen LogP contribution in [0.2, 0.25) is 0 Å². The minimum atomic E-state index is 0.414. The van der Waals surface area contributed by atoms with Gasteiger partial charge in [0.15, 0.2) is 0 Å². The Morgan fingerprint density at radius 3 is 2.91 bits per heavy atom. The summed E-state index contributed by atoms with van der Waals surface area (Å²) >= 11 is 1.59. The number of ether oxygens (including phenoxy) is 1. The molecule has 0 N–H and O–H groups in total. The van der Waals surface area contributed by atoms with E-state index in [1.165, 1.54) is 0 Å². The van der Waals surface area contributed by atoms with Crippen molar-refractivity contribution in [2.45, 2.75) is 26.3 Å². The zero-order valence-corrected chi connectivity index (χ0v) is 8.15. The Kier molecular flexibility index (Phi) is 3.24. The second-order valence-electron chi connectivity index (χ2n) is 3.19. The molecule has 11 heavy (non-hydrogen) atoms. The van der Waals surface area contributed by atoms with Gasteiger partial charge in [0.1, 0.15) is 6.61 Å². The molecular formula is C8H15NOS. The Bertz CT molecular complexity index is 156. The van der Waals surface area contributed by atoms with Gasteiger partial charge in [-0.15, -0.1) is 0 Å². The van der Waals surface area contributed by atoms with E-state index in [2.05, 4.69) is 18.8 Å². The average molecular weight is 173 g/mol. The third-order valence-electron chi connectivity index (χ3n) is 1.61. The predicted octanol–water partition coefficient (Wildman–Crippen LogP) is 2.15. The van der Waals surface area contributed by atoms with Gasteiger partial charge < -0.3 is 4.74 Å². The zero-order chi connectivity index (χ0) is 8.27. The summed E-state index contributed by atoms with van der Waals surface area (Å²) in [4.78, 5) is 4.40. The molecule has 1 aliphatic heterocycles. The molecule has 3 heteroatoms. The van der Waals surface area contributed by atoms with Crippen molar-refractivity contribution in [2.75, 3.05) is 12.9 Å². The summed E-state index contributed by atoms with van der Waals surface area (Å²) in [6.45, 7) is 5.22. The molecule has 0 saturated carbocycles. The highest BCUT2D eigenvalue weighted by Gasteiger charge is 2.18. The van der Waals surface area contributed by atoms with E-state index < -0.39 is 0 Å². The molecule has 1 atom stereocenters. The monoisotopic (exact) mass is 173 g/mol. The Morgan fingerprint density at radius 2 is 2.45 bits per heavy atom. The van der Waals surface area contributed by atoms with Crippen LogP contribution in [0, 0.1) is 5.92 Å². The first kappa shape index (κ1) is 8.91. The van der Waals surface area contributed by atoms with Crippen molar-refractivity contribution < 1.29 is 4.74 Å².